The molecule has 0 fully saturated rings. The fourth-order valence-corrected chi connectivity index (χ4v) is 1.27. The summed E-state index contributed by atoms with van der Waals surface area (Å²) < 4.78 is 0. The number of aryl methyl sites for hydroxylation is 1. The normalized spacial score (nSPS) is 10.6. The number of rotatable bonds is 1. The second-order valence-electron chi connectivity index (χ2n) is 3.07. The van der Waals surface area contributed by atoms with Gasteiger partial charge in [0.1, 0.15) is 0 Å². The van der Waals surface area contributed by atoms with E-state index < -0.39 is 17.2 Å². The van der Waals surface area contributed by atoms with E-state index >= 15 is 0 Å². The molecule has 0 spiro atoms. The van der Waals surface area contributed by atoms with Gasteiger partial charge in [-0.2, -0.15) is 0 Å². The highest BCUT2D eigenvalue weighted by Crippen LogP contribution is 2.05. The number of aromatic nitrogens is 4. The monoisotopic (exact) mass is 222 g/mol. The SMILES string of the molecule is Cc1nc2[nH]c(=O)[nH]c(=O)c2nc1C(=O)O. The Balaban J connectivity index is 2.96. The molecule has 0 saturated heterocycles. The van der Waals surface area contributed by atoms with E-state index in [0.717, 1.165) is 0 Å². The number of carboxylic acid groups (broad SMARTS) is 1. The predicted octanol–water partition coefficient (Wildman–Crippen LogP) is -0.987. The molecule has 0 aliphatic carbocycles. The number of nitrogens with zero attached hydrogens (tertiary/aromatic N) is 2. The van der Waals surface area contributed by atoms with Crippen molar-refractivity contribution in [2.75, 3.05) is 0 Å². The molecule has 0 radical (unpaired) electrons. The first kappa shape index (κ1) is 10.0. The maximum Gasteiger partial charge on any atom is 0.356 e. The van der Waals surface area contributed by atoms with Gasteiger partial charge in [-0.15, -0.1) is 0 Å². The van der Waals surface area contributed by atoms with Gasteiger partial charge in [0, 0.05) is 0 Å². The number of fused-ring (bicyclic) bond motifs is 1. The van der Waals surface area contributed by atoms with Gasteiger partial charge in [0.25, 0.3) is 5.56 Å². The highest BCUT2D eigenvalue weighted by atomic mass is 16.4. The molecule has 3 N–H and O–H groups in total. The molecule has 82 valence electrons. The van der Waals surface area contributed by atoms with Crippen molar-refractivity contribution < 1.29 is 9.90 Å². The Morgan fingerprint density at radius 1 is 1.25 bits per heavy atom. The minimum Gasteiger partial charge on any atom is -0.476 e. The Bertz CT molecular complexity index is 699. The van der Waals surface area contributed by atoms with Crippen molar-refractivity contribution in [2.24, 2.45) is 0 Å². The van der Waals surface area contributed by atoms with Gasteiger partial charge in [-0.25, -0.2) is 19.6 Å². The minimum atomic E-state index is -1.28. The van der Waals surface area contributed by atoms with Crippen LogP contribution in [0.4, 0.5) is 0 Å². The molecule has 0 atom stereocenters. The highest BCUT2D eigenvalue weighted by Gasteiger charge is 2.14. The van der Waals surface area contributed by atoms with Crippen LogP contribution in [-0.4, -0.2) is 31.0 Å². The van der Waals surface area contributed by atoms with Crippen molar-refractivity contribution in [1.29, 1.82) is 0 Å². The number of carboxylic acids is 1. The van der Waals surface area contributed by atoms with Gasteiger partial charge in [0.05, 0.1) is 5.69 Å². The molecule has 0 aliphatic rings. The third-order valence-corrected chi connectivity index (χ3v) is 1.95. The van der Waals surface area contributed by atoms with Crippen LogP contribution >= 0.6 is 0 Å². The fraction of sp³-hybridized carbons (Fsp3) is 0.125. The Labute approximate surface area is 87.0 Å². The molecule has 0 saturated carbocycles. The lowest BCUT2D eigenvalue weighted by Gasteiger charge is -2.00. The van der Waals surface area contributed by atoms with Crippen LogP contribution in [0.5, 0.6) is 0 Å². The average Bonchev–Trinajstić information content (AvgIpc) is 2.15. The number of aromatic amines is 2. The van der Waals surface area contributed by atoms with E-state index in [1.165, 1.54) is 6.92 Å². The number of aromatic carboxylic acids is 1. The quantitative estimate of drug-likeness (QED) is 0.568. The van der Waals surface area contributed by atoms with Crippen molar-refractivity contribution in [3.63, 3.8) is 0 Å². The number of H-pyrrole nitrogens is 2. The van der Waals surface area contributed by atoms with Crippen molar-refractivity contribution >= 4 is 17.1 Å². The average molecular weight is 222 g/mol. The van der Waals surface area contributed by atoms with E-state index in [9.17, 15) is 14.4 Å². The van der Waals surface area contributed by atoms with Crippen molar-refractivity contribution in [3.05, 3.63) is 32.2 Å². The van der Waals surface area contributed by atoms with Gasteiger partial charge in [0.15, 0.2) is 16.9 Å². The largest absolute Gasteiger partial charge is 0.476 e. The molecule has 16 heavy (non-hydrogen) atoms. The summed E-state index contributed by atoms with van der Waals surface area (Å²) in [5, 5.41) is 8.78. The Hall–Kier alpha value is -2.51. The van der Waals surface area contributed by atoms with Gasteiger partial charge < -0.3 is 5.11 Å². The van der Waals surface area contributed by atoms with E-state index in [1.54, 1.807) is 0 Å². The molecule has 2 heterocycles. The summed E-state index contributed by atoms with van der Waals surface area (Å²) in [5.74, 6) is -1.28. The van der Waals surface area contributed by atoms with E-state index in [4.69, 9.17) is 5.11 Å². The predicted molar refractivity (Wildman–Crippen MR) is 52.5 cm³/mol. The van der Waals surface area contributed by atoms with Crippen molar-refractivity contribution in [3.8, 4) is 0 Å². The zero-order chi connectivity index (χ0) is 11.9. The zero-order valence-corrected chi connectivity index (χ0v) is 8.07. The summed E-state index contributed by atoms with van der Waals surface area (Å²) in [6.07, 6.45) is 0. The van der Waals surface area contributed by atoms with Crippen LogP contribution in [0.2, 0.25) is 0 Å². The first-order valence-corrected chi connectivity index (χ1v) is 4.23. The summed E-state index contributed by atoms with van der Waals surface area (Å²) in [6, 6.07) is 0. The van der Waals surface area contributed by atoms with Gasteiger partial charge in [-0.1, -0.05) is 0 Å². The Morgan fingerprint density at radius 3 is 2.56 bits per heavy atom. The highest BCUT2D eigenvalue weighted by molar-refractivity contribution is 5.88. The third kappa shape index (κ3) is 1.45. The number of hydrogen-bond acceptors (Lipinski definition) is 5. The van der Waals surface area contributed by atoms with Gasteiger partial charge in [-0.05, 0) is 6.92 Å². The molecule has 0 aliphatic heterocycles. The molecule has 0 aromatic carbocycles. The molecule has 2 aromatic rings. The van der Waals surface area contributed by atoms with Crippen LogP contribution < -0.4 is 11.2 Å². The summed E-state index contributed by atoms with van der Waals surface area (Å²) in [7, 11) is 0. The van der Waals surface area contributed by atoms with Crippen molar-refractivity contribution in [1.82, 2.24) is 19.9 Å². The number of hydrogen-bond donors (Lipinski definition) is 3. The van der Waals surface area contributed by atoms with Gasteiger partial charge >= 0.3 is 11.7 Å². The summed E-state index contributed by atoms with van der Waals surface area (Å²) in [5.41, 5.74) is -1.91. The van der Waals surface area contributed by atoms with Crippen LogP contribution in [0.25, 0.3) is 11.2 Å². The number of carbonyl (C=O) groups is 1. The number of nitrogens with one attached hydrogen (secondary N) is 2. The standard InChI is InChI=1S/C8H6N4O4/c1-2-3(7(14)15)10-4-5(9-2)11-8(16)12-6(4)13/h1H3,(H,14,15)(H2,9,11,12,13,16). The minimum absolute atomic E-state index is 0.0312. The molecule has 2 aromatic heterocycles. The second-order valence-corrected chi connectivity index (χ2v) is 3.07. The maximum absolute atomic E-state index is 11.3. The topological polar surface area (TPSA) is 129 Å². The summed E-state index contributed by atoms with van der Waals surface area (Å²) in [4.78, 5) is 44.6. The summed E-state index contributed by atoms with van der Waals surface area (Å²) >= 11 is 0. The van der Waals surface area contributed by atoms with Crippen LogP contribution in [0.3, 0.4) is 0 Å². The summed E-state index contributed by atoms with van der Waals surface area (Å²) in [6.45, 7) is 1.43. The molecular weight excluding hydrogens is 216 g/mol. The van der Waals surface area contributed by atoms with Crippen molar-refractivity contribution in [2.45, 2.75) is 6.92 Å². The Morgan fingerprint density at radius 2 is 1.94 bits per heavy atom. The molecule has 0 amide bonds. The molecule has 8 heteroatoms. The first-order valence-electron chi connectivity index (χ1n) is 4.23. The molecular formula is C8H6N4O4. The second kappa shape index (κ2) is 3.26. The third-order valence-electron chi connectivity index (χ3n) is 1.95. The first-order chi connectivity index (χ1) is 7.49. The lowest BCUT2D eigenvalue weighted by Crippen LogP contribution is -2.24. The molecule has 0 bridgehead atoms. The lowest BCUT2D eigenvalue weighted by molar-refractivity contribution is 0.0689. The smallest absolute Gasteiger partial charge is 0.356 e. The fourth-order valence-electron chi connectivity index (χ4n) is 1.27. The van der Waals surface area contributed by atoms with E-state index in [2.05, 4.69) is 15.0 Å². The van der Waals surface area contributed by atoms with E-state index in [-0.39, 0.29) is 22.6 Å². The molecule has 2 rings (SSSR count). The maximum atomic E-state index is 11.3. The Kier molecular flexibility index (Phi) is 2.04. The van der Waals surface area contributed by atoms with Crippen LogP contribution in [0.15, 0.2) is 9.59 Å². The van der Waals surface area contributed by atoms with Crippen LogP contribution in [0.1, 0.15) is 16.2 Å². The van der Waals surface area contributed by atoms with Crippen LogP contribution in [0, 0.1) is 6.92 Å². The van der Waals surface area contributed by atoms with Crippen LogP contribution in [-0.2, 0) is 0 Å². The molecule has 8 nitrogen and oxygen atoms in total. The van der Waals surface area contributed by atoms with E-state index in [1.807, 2.05) is 4.98 Å². The van der Waals surface area contributed by atoms with E-state index in [0.29, 0.717) is 0 Å². The zero-order valence-electron chi connectivity index (χ0n) is 8.07. The van der Waals surface area contributed by atoms with Gasteiger partial charge in [-0.3, -0.25) is 14.8 Å². The molecule has 0 unspecified atom stereocenters. The lowest BCUT2D eigenvalue weighted by atomic mass is 10.3. The van der Waals surface area contributed by atoms with Gasteiger partial charge in [0.2, 0.25) is 0 Å².